The summed E-state index contributed by atoms with van der Waals surface area (Å²) in [6.45, 7) is 16.5. The molecule has 3 amide bonds. The Morgan fingerprint density at radius 2 is 1.54 bits per heavy atom. The quantitative estimate of drug-likeness (QED) is 0.582. The molecule has 1 N–H and O–H groups in total. The lowest BCUT2D eigenvalue weighted by Gasteiger charge is -2.30. The van der Waals surface area contributed by atoms with E-state index in [1.54, 1.807) is 25.7 Å². The molecule has 0 bridgehead atoms. The van der Waals surface area contributed by atoms with Crippen molar-refractivity contribution in [3.63, 3.8) is 0 Å². The second kappa shape index (κ2) is 11.9. The van der Waals surface area contributed by atoms with Crippen molar-refractivity contribution in [2.24, 2.45) is 0 Å². The Bertz CT molecular complexity index is 742. The van der Waals surface area contributed by atoms with Gasteiger partial charge in [0.25, 0.3) is 0 Å². The molecular formula is C25H45N3O7. The van der Waals surface area contributed by atoms with Gasteiger partial charge in [0.05, 0.1) is 6.61 Å². The average Bonchev–Trinajstić information content (AvgIpc) is 3.04. The lowest BCUT2D eigenvalue weighted by Crippen LogP contribution is -2.48. The van der Waals surface area contributed by atoms with Gasteiger partial charge in [0, 0.05) is 32.1 Å². The Labute approximate surface area is 209 Å². The van der Waals surface area contributed by atoms with Gasteiger partial charge in [-0.15, -0.1) is 0 Å². The summed E-state index contributed by atoms with van der Waals surface area (Å²) >= 11 is 0. The molecular weight excluding hydrogens is 454 g/mol. The lowest BCUT2D eigenvalue weighted by atomic mass is 10.1. The number of ether oxygens (including phenoxy) is 4. The van der Waals surface area contributed by atoms with Crippen LogP contribution in [-0.2, 0) is 23.7 Å². The Hall–Kier alpha value is -1.91. The topological polar surface area (TPSA) is 107 Å². The summed E-state index contributed by atoms with van der Waals surface area (Å²) < 4.78 is 22.8. The normalized spacial score (nSPS) is 25.3. The molecule has 0 aromatic carbocycles. The number of nitrogens with zero attached hydrogens (tertiary/aromatic N) is 2. The molecule has 202 valence electrons. The highest BCUT2D eigenvalue weighted by Gasteiger charge is 2.39. The number of carbonyl (C=O) groups is 3. The Balaban J connectivity index is 2.21. The van der Waals surface area contributed by atoms with Crippen molar-refractivity contribution in [1.82, 2.24) is 15.1 Å². The molecule has 10 nitrogen and oxygen atoms in total. The van der Waals surface area contributed by atoms with E-state index in [9.17, 15) is 14.4 Å². The summed E-state index contributed by atoms with van der Waals surface area (Å²) in [4.78, 5) is 41.8. The van der Waals surface area contributed by atoms with Crippen LogP contribution in [0, 0.1) is 0 Å². The predicted molar refractivity (Wildman–Crippen MR) is 131 cm³/mol. The number of rotatable bonds is 1. The third kappa shape index (κ3) is 10.3. The average molecular weight is 500 g/mol. The van der Waals surface area contributed by atoms with E-state index in [1.807, 2.05) is 34.6 Å². The first-order valence-corrected chi connectivity index (χ1v) is 12.6. The molecule has 2 aliphatic rings. The second-order valence-corrected chi connectivity index (χ2v) is 11.7. The van der Waals surface area contributed by atoms with Crippen LogP contribution in [0.4, 0.5) is 9.59 Å². The first-order valence-electron chi connectivity index (χ1n) is 12.6. The highest BCUT2D eigenvalue weighted by molar-refractivity contribution is 5.92. The van der Waals surface area contributed by atoms with Crippen LogP contribution in [0.25, 0.3) is 0 Å². The van der Waals surface area contributed by atoms with Crippen LogP contribution in [0.15, 0.2) is 0 Å². The predicted octanol–water partition coefficient (Wildman–Crippen LogP) is 3.67. The van der Waals surface area contributed by atoms with Crippen molar-refractivity contribution in [3.8, 4) is 0 Å². The van der Waals surface area contributed by atoms with E-state index in [4.69, 9.17) is 18.9 Å². The molecule has 35 heavy (non-hydrogen) atoms. The molecule has 2 saturated heterocycles. The molecule has 0 saturated carbocycles. The molecule has 2 atom stereocenters. The summed E-state index contributed by atoms with van der Waals surface area (Å²) in [5.74, 6) is -1.08. The smallest absolute Gasteiger partial charge is 0.417 e. The van der Waals surface area contributed by atoms with E-state index in [1.165, 1.54) is 0 Å². The summed E-state index contributed by atoms with van der Waals surface area (Å²) in [5.41, 5.74) is -1.35. The number of amides is 3. The zero-order valence-electron chi connectivity index (χ0n) is 22.8. The van der Waals surface area contributed by atoms with E-state index < -0.39 is 29.2 Å². The minimum absolute atomic E-state index is 0.0686. The van der Waals surface area contributed by atoms with Gasteiger partial charge >= 0.3 is 12.2 Å². The van der Waals surface area contributed by atoms with Crippen molar-refractivity contribution in [1.29, 1.82) is 0 Å². The molecule has 0 spiro atoms. The lowest BCUT2D eigenvalue weighted by molar-refractivity contribution is -0.145. The van der Waals surface area contributed by atoms with Crippen LogP contribution in [0.3, 0.4) is 0 Å². The Morgan fingerprint density at radius 1 is 0.943 bits per heavy atom. The zero-order valence-corrected chi connectivity index (χ0v) is 22.8. The molecule has 0 aliphatic carbocycles. The van der Waals surface area contributed by atoms with Crippen molar-refractivity contribution < 1.29 is 33.3 Å². The van der Waals surface area contributed by atoms with Crippen molar-refractivity contribution in [2.45, 2.75) is 110 Å². The van der Waals surface area contributed by atoms with Gasteiger partial charge in [-0.1, -0.05) is 0 Å². The third-order valence-corrected chi connectivity index (χ3v) is 5.51. The molecule has 0 aromatic rings. The molecule has 2 fully saturated rings. The maximum Gasteiger partial charge on any atom is 0.417 e. The SMILES string of the molecule is CC(C)(C)OC(=O)N1CCCCN[C@@H]([C@H]2COC(C)(C)O2)CC(=O)N(C(=O)OC(C)(C)C)CCC1. The minimum Gasteiger partial charge on any atom is -0.444 e. The van der Waals surface area contributed by atoms with Gasteiger partial charge in [-0.3, -0.25) is 4.79 Å². The fourth-order valence-electron chi connectivity index (χ4n) is 3.94. The highest BCUT2D eigenvalue weighted by Crippen LogP contribution is 2.26. The fourth-order valence-corrected chi connectivity index (χ4v) is 3.94. The standard InChI is InChI=1S/C25H45N3O7/c1-23(2,3)34-21(30)27-13-10-9-12-26-18(19-17-32-25(7,8)33-19)16-20(29)28(15-11-14-27)22(31)35-24(4,5)6/h18-19,26H,9-17H2,1-8H3/t18-,19-/m1/s1. The third-order valence-electron chi connectivity index (χ3n) is 5.51. The maximum atomic E-state index is 13.4. The first kappa shape index (κ1) is 29.3. The van der Waals surface area contributed by atoms with Crippen molar-refractivity contribution in [2.75, 3.05) is 32.8 Å². The summed E-state index contributed by atoms with van der Waals surface area (Å²) in [6.07, 6.45) is 0.651. The monoisotopic (exact) mass is 499 g/mol. The maximum absolute atomic E-state index is 13.4. The van der Waals surface area contributed by atoms with Gasteiger partial charge in [-0.25, -0.2) is 14.5 Å². The zero-order chi connectivity index (χ0) is 26.4. The van der Waals surface area contributed by atoms with E-state index in [0.29, 0.717) is 32.7 Å². The fraction of sp³-hybridized carbons (Fsp3) is 0.880. The minimum atomic E-state index is -0.745. The van der Waals surface area contributed by atoms with Gasteiger partial charge in [0.15, 0.2) is 5.79 Å². The van der Waals surface area contributed by atoms with Crippen LogP contribution in [0.1, 0.15) is 81.1 Å². The molecule has 0 unspecified atom stereocenters. The number of hydrogen-bond donors (Lipinski definition) is 1. The largest absolute Gasteiger partial charge is 0.444 e. The van der Waals surface area contributed by atoms with Crippen LogP contribution < -0.4 is 5.32 Å². The summed E-state index contributed by atoms with van der Waals surface area (Å²) in [7, 11) is 0. The van der Waals surface area contributed by atoms with Crippen molar-refractivity contribution in [3.05, 3.63) is 0 Å². The van der Waals surface area contributed by atoms with E-state index in [0.717, 1.165) is 17.7 Å². The molecule has 10 heteroatoms. The van der Waals surface area contributed by atoms with Gasteiger partial charge < -0.3 is 29.2 Å². The van der Waals surface area contributed by atoms with Crippen LogP contribution >= 0.6 is 0 Å². The molecule has 2 aliphatic heterocycles. The van der Waals surface area contributed by atoms with Gasteiger partial charge in [-0.2, -0.15) is 0 Å². The number of carbonyl (C=O) groups excluding carboxylic acids is 3. The van der Waals surface area contributed by atoms with Crippen LogP contribution in [0.5, 0.6) is 0 Å². The number of nitrogens with one attached hydrogen (secondary N) is 1. The van der Waals surface area contributed by atoms with Crippen molar-refractivity contribution >= 4 is 18.1 Å². The summed E-state index contributed by atoms with van der Waals surface area (Å²) in [6, 6.07) is -0.322. The first-order chi connectivity index (χ1) is 16.1. The Kier molecular flexibility index (Phi) is 9.96. The molecule has 0 aromatic heterocycles. The van der Waals surface area contributed by atoms with E-state index >= 15 is 0 Å². The number of hydrogen-bond acceptors (Lipinski definition) is 8. The summed E-state index contributed by atoms with van der Waals surface area (Å²) in [5, 5.41) is 3.42. The van der Waals surface area contributed by atoms with E-state index in [-0.39, 0.29) is 31.0 Å². The number of imide groups is 1. The van der Waals surface area contributed by atoms with Crippen LogP contribution in [0.2, 0.25) is 0 Å². The van der Waals surface area contributed by atoms with Crippen LogP contribution in [-0.4, -0.2) is 89.8 Å². The van der Waals surface area contributed by atoms with Gasteiger partial charge in [0.2, 0.25) is 5.91 Å². The Morgan fingerprint density at radius 3 is 2.11 bits per heavy atom. The van der Waals surface area contributed by atoms with Gasteiger partial charge in [0.1, 0.15) is 17.3 Å². The molecule has 2 rings (SSSR count). The highest BCUT2D eigenvalue weighted by atomic mass is 16.7. The second-order valence-electron chi connectivity index (χ2n) is 11.7. The molecule has 2 heterocycles. The van der Waals surface area contributed by atoms with Gasteiger partial charge in [-0.05, 0) is 81.2 Å². The molecule has 0 radical (unpaired) electrons. The van der Waals surface area contributed by atoms with E-state index in [2.05, 4.69) is 5.32 Å².